The Kier molecular flexibility index (Phi) is 6.17. The van der Waals surface area contributed by atoms with Crippen LogP contribution in [0, 0.1) is 13.8 Å². The fourth-order valence-corrected chi connectivity index (χ4v) is 3.46. The number of aryl methyl sites for hydroxylation is 2. The number of aromatic nitrogens is 2. The SMILES string of the molecule is CCCn1nc(C(=O)Nc2cc(S(=O)(=O)N(C)C)cc(C)c2C)ccc1=O. The van der Waals surface area contributed by atoms with E-state index in [2.05, 4.69) is 10.4 Å². The molecular weight excluding hydrogens is 368 g/mol. The van der Waals surface area contributed by atoms with E-state index >= 15 is 0 Å². The van der Waals surface area contributed by atoms with Crippen molar-refractivity contribution in [3.8, 4) is 0 Å². The molecular formula is C18H24N4O4S. The summed E-state index contributed by atoms with van der Waals surface area (Å²) < 4.78 is 27.2. The van der Waals surface area contributed by atoms with Crippen LogP contribution in [-0.2, 0) is 16.6 Å². The number of sulfonamides is 1. The number of carbonyl (C=O) groups excluding carboxylic acids is 1. The summed E-state index contributed by atoms with van der Waals surface area (Å²) in [6.45, 7) is 5.89. The van der Waals surface area contributed by atoms with E-state index in [0.717, 1.165) is 15.4 Å². The average Bonchev–Trinajstić information content (AvgIpc) is 2.60. The third-order valence-corrected chi connectivity index (χ3v) is 6.00. The van der Waals surface area contributed by atoms with Crippen LogP contribution in [-0.4, -0.2) is 42.5 Å². The zero-order chi connectivity index (χ0) is 20.4. The van der Waals surface area contributed by atoms with Crippen molar-refractivity contribution in [3.05, 3.63) is 51.4 Å². The van der Waals surface area contributed by atoms with Crippen molar-refractivity contribution in [2.45, 2.75) is 38.6 Å². The number of anilines is 1. The first-order valence-electron chi connectivity index (χ1n) is 8.51. The van der Waals surface area contributed by atoms with Crippen molar-refractivity contribution < 1.29 is 13.2 Å². The minimum Gasteiger partial charge on any atom is -0.320 e. The third-order valence-electron chi connectivity index (χ3n) is 4.20. The van der Waals surface area contributed by atoms with Crippen molar-refractivity contribution in [2.75, 3.05) is 19.4 Å². The predicted octanol–water partition coefficient (Wildman–Crippen LogP) is 1.77. The summed E-state index contributed by atoms with van der Waals surface area (Å²) in [7, 11) is -0.742. The van der Waals surface area contributed by atoms with Gasteiger partial charge in [0.05, 0.1) is 4.90 Å². The lowest BCUT2D eigenvalue weighted by Crippen LogP contribution is -2.26. The van der Waals surface area contributed by atoms with Crippen LogP contribution in [0.15, 0.2) is 34.0 Å². The quantitative estimate of drug-likeness (QED) is 0.807. The molecule has 2 rings (SSSR count). The van der Waals surface area contributed by atoms with Crippen LogP contribution in [0.25, 0.3) is 0 Å². The Morgan fingerprint density at radius 1 is 1.22 bits per heavy atom. The van der Waals surface area contributed by atoms with Crippen LogP contribution < -0.4 is 10.9 Å². The molecule has 1 heterocycles. The van der Waals surface area contributed by atoms with Crippen LogP contribution in [0.2, 0.25) is 0 Å². The molecule has 0 saturated heterocycles. The molecule has 0 unspecified atom stereocenters. The number of benzene rings is 1. The summed E-state index contributed by atoms with van der Waals surface area (Å²) >= 11 is 0. The zero-order valence-electron chi connectivity index (χ0n) is 16.1. The maximum atomic E-state index is 12.6. The highest BCUT2D eigenvalue weighted by atomic mass is 32.2. The molecule has 1 aromatic heterocycles. The molecule has 0 aliphatic carbocycles. The Morgan fingerprint density at radius 2 is 1.89 bits per heavy atom. The van der Waals surface area contributed by atoms with Gasteiger partial charge in [0.25, 0.3) is 11.5 Å². The van der Waals surface area contributed by atoms with Crippen molar-refractivity contribution in [3.63, 3.8) is 0 Å². The summed E-state index contributed by atoms with van der Waals surface area (Å²) in [5.74, 6) is -0.512. The molecule has 8 nitrogen and oxygen atoms in total. The normalized spacial score (nSPS) is 11.6. The van der Waals surface area contributed by atoms with E-state index in [1.807, 2.05) is 6.92 Å². The largest absolute Gasteiger partial charge is 0.320 e. The lowest BCUT2D eigenvalue weighted by molar-refractivity contribution is 0.101. The van der Waals surface area contributed by atoms with E-state index in [4.69, 9.17) is 0 Å². The minimum atomic E-state index is -3.64. The molecule has 1 N–H and O–H groups in total. The van der Waals surface area contributed by atoms with E-state index in [0.29, 0.717) is 18.7 Å². The van der Waals surface area contributed by atoms with Gasteiger partial charge in [-0.05, 0) is 49.6 Å². The van der Waals surface area contributed by atoms with Crippen molar-refractivity contribution in [1.29, 1.82) is 0 Å². The number of amides is 1. The molecule has 0 radical (unpaired) electrons. The molecule has 0 aliphatic heterocycles. The van der Waals surface area contributed by atoms with E-state index < -0.39 is 15.9 Å². The van der Waals surface area contributed by atoms with Gasteiger partial charge in [-0.3, -0.25) is 9.59 Å². The van der Waals surface area contributed by atoms with E-state index in [1.165, 1.54) is 37.0 Å². The molecule has 0 aliphatic rings. The molecule has 0 atom stereocenters. The van der Waals surface area contributed by atoms with Gasteiger partial charge in [-0.2, -0.15) is 5.10 Å². The van der Waals surface area contributed by atoms with Gasteiger partial charge in [-0.1, -0.05) is 6.92 Å². The lowest BCUT2D eigenvalue weighted by atomic mass is 10.1. The van der Waals surface area contributed by atoms with Crippen LogP contribution in [0.3, 0.4) is 0 Å². The fourth-order valence-electron chi connectivity index (χ4n) is 2.44. The van der Waals surface area contributed by atoms with Gasteiger partial charge in [-0.25, -0.2) is 17.4 Å². The zero-order valence-corrected chi connectivity index (χ0v) is 16.9. The second kappa shape index (κ2) is 8.01. The van der Waals surface area contributed by atoms with E-state index in [1.54, 1.807) is 19.9 Å². The van der Waals surface area contributed by atoms with Gasteiger partial charge in [0.1, 0.15) is 5.69 Å². The molecule has 0 saturated carbocycles. The van der Waals surface area contributed by atoms with Crippen molar-refractivity contribution in [2.24, 2.45) is 0 Å². The Labute approximate surface area is 158 Å². The summed E-state index contributed by atoms with van der Waals surface area (Å²) in [4.78, 5) is 24.4. The molecule has 1 amide bonds. The van der Waals surface area contributed by atoms with Gasteiger partial charge in [0, 0.05) is 32.4 Å². The molecule has 0 fully saturated rings. The highest BCUT2D eigenvalue weighted by molar-refractivity contribution is 7.89. The highest BCUT2D eigenvalue weighted by Gasteiger charge is 2.20. The summed E-state index contributed by atoms with van der Waals surface area (Å²) in [6.07, 6.45) is 0.709. The number of nitrogens with zero attached hydrogens (tertiary/aromatic N) is 3. The van der Waals surface area contributed by atoms with Gasteiger partial charge in [0.2, 0.25) is 10.0 Å². The van der Waals surface area contributed by atoms with Gasteiger partial charge >= 0.3 is 0 Å². The average molecular weight is 392 g/mol. The number of nitrogens with one attached hydrogen (secondary N) is 1. The van der Waals surface area contributed by atoms with Crippen LogP contribution in [0.4, 0.5) is 5.69 Å². The molecule has 2 aromatic rings. The number of hydrogen-bond acceptors (Lipinski definition) is 5. The maximum absolute atomic E-state index is 12.6. The highest BCUT2D eigenvalue weighted by Crippen LogP contribution is 2.25. The molecule has 27 heavy (non-hydrogen) atoms. The second-order valence-corrected chi connectivity index (χ2v) is 8.59. The Morgan fingerprint density at radius 3 is 2.48 bits per heavy atom. The van der Waals surface area contributed by atoms with Crippen LogP contribution in [0.5, 0.6) is 0 Å². The van der Waals surface area contributed by atoms with Gasteiger partial charge in [0.15, 0.2) is 0 Å². The third kappa shape index (κ3) is 4.42. The number of rotatable bonds is 6. The molecule has 146 valence electrons. The monoisotopic (exact) mass is 392 g/mol. The summed E-state index contributed by atoms with van der Waals surface area (Å²) in [5, 5.41) is 6.78. The fraction of sp³-hybridized carbons (Fsp3) is 0.389. The van der Waals surface area contributed by atoms with Gasteiger partial charge in [-0.15, -0.1) is 0 Å². The molecule has 1 aromatic carbocycles. The van der Waals surface area contributed by atoms with E-state index in [-0.39, 0.29) is 16.1 Å². The summed E-state index contributed by atoms with van der Waals surface area (Å²) in [5.41, 5.74) is 1.68. The Hall–Kier alpha value is -2.52. The lowest BCUT2D eigenvalue weighted by Gasteiger charge is -2.16. The van der Waals surface area contributed by atoms with E-state index in [9.17, 15) is 18.0 Å². The smallest absolute Gasteiger partial charge is 0.276 e. The van der Waals surface area contributed by atoms with Crippen molar-refractivity contribution >= 4 is 21.6 Å². The summed E-state index contributed by atoms with van der Waals surface area (Å²) in [6, 6.07) is 5.65. The van der Waals surface area contributed by atoms with Crippen molar-refractivity contribution in [1.82, 2.24) is 14.1 Å². The molecule has 0 spiro atoms. The Bertz CT molecular complexity index is 1030. The minimum absolute atomic E-state index is 0.0842. The van der Waals surface area contributed by atoms with Crippen LogP contribution >= 0.6 is 0 Å². The van der Waals surface area contributed by atoms with Crippen LogP contribution in [0.1, 0.15) is 35.0 Å². The topological polar surface area (TPSA) is 101 Å². The number of carbonyl (C=O) groups is 1. The molecule has 0 bridgehead atoms. The maximum Gasteiger partial charge on any atom is 0.276 e. The first kappa shape index (κ1) is 20.8. The first-order chi connectivity index (χ1) is 12.6. The Balaban J connectivity index is 2.42. The second-order valence-electron chi connectivity index (χ2n) is 6.43. The first-order valence-corrected chi connectivity index (χ1v) is 9.95. The molecule has 9 heteroatoms. The van der Waals surface area contributed by atoms with Gasteiger partial charge < -0.3 is 5.32 Å². The predicted molar refractivity (Wildman–Crippen MR) is 104 cm³/mol. The standard InChI is InChI=1S/C18H24N4O4S/c1-6-9-22-17(23)8-7-15(20-22)18(24)19-16-11-14(10-12(2)13(16)3)27(25,26)21(4)5/h7-8,10-11H,6,9H2,1-5H3,(H,19,24). The number of hydrogen-bond donors (Lipinski definition) is 1.